The summed E-state index contributed by atoms with van der Waals surface area (Å²) in [5.74, 6) is 3.36. The van der Waals surface area contributed by atoms with Crippen molar-refractivity contribution in [1.29, 1.82) is 0 Å². The maximum Gasteiger partial charge on any atom is 0.220 e. The second-order valence-electron chi connectivity index (χ2n) is 7.46. The maximum atomic E-state index is 13.1. The van der Waals surface area contributed by atoms with Crippen LogP contribution in [0.4, 0.5) is 4.39 Å². The van der Waals surface area contributed by atoms with Crippen LogP contribution >= 0.6 is 0 Å². The molecule has 1 amide bonds. The van der Waals surface area contributed by atoms with Gasteiger partial charge in [-0.1, -0.05) is 18.6 Å². The molecule has 0 spiro atoms. The Labute approximate surface area is 131 Å². The van der Waals surface area contributed by atoms with Gasteiger partial charge in [0.1, 0.15) is 5.82 Å². The zero-order valence-electron chi connectivity index (χ0n) is 12.9. The van der Waals surface area contributed by atoms with E-state index in [2.05, 4.69) is 5.32 Å². The summed E-state index contributed by atoms with van der Waals surface area (Å²) < 4.78 is 13.1. The lowest BCUT2D eigenvalue weighted by Crippen LogP contribution is -2.42. The van der Waals surface area contributed by atoms with E-state index in [-0.39, 0.29) is 11.7 Å². The van der Waals surface area contributed by atoms with E-state index in [9.17, 15) is 9.18 Å². The minimum Gasteiger partial charge on any atom is -0.353 e. The Morgan fingerprint density at radius 2 is 2.05 bits per heavy atom. The number of fused-ring (bicyclic) bond motifs is 5. The summed E-state index contributed by atoms with van der Waals surface area (Å²) in [6.07, 6.45) is 7.81. The van der Waals surface area contributed by atoms with Crippen molar-refractivity contribution in [3.8, 4) is 0 Å². The molecule has 0 unspecified atom stereocenters. The Morgan fingerprint density at radius 1 is 1.18 bits per heavy atom. The van der Waals surface area contributed by atoms with Gasteiger partial charge < -0.3 is 5.32 Å². The standard InChI is InChI=1S/C19H24FNO/c20-14-4-1-3-12(9-14)7-8-19(22)21-18-11-13-10-17(18)16-6-2-5-15(13)16/h1,3-4,9,13,15-18H,2,5-8,10-11H2,(H,21,22)/t13-,15-,16+,17+,18-/m1/s1. The second kappa shape index (κ2) is 5.68. The second-order valence-corrected chi connectivity index (χ2v) is 7.46. The van der Waals surface area contributed by atoms with Crippen LogP contribution in [0.3, 0.4) is 0 Å². The van der Waals surface area contributed by atoms with Crippen molar-refractivity contribution < 1.29 is 9.18 Å². The molecule has 3 aliphatic carbocycles. The van der Waals surface area contributed by atoms with Crippen LogP contribution in [0.15, 0.2) is 24.3 Å². The molecule has 1 aromatic rings. The molecular formula is C19H24FNO. The van der Waals surface area contributed by atoms with E-state index in [1.807, 2.05) is 6.07 Å². The highest BCUT2D eigenvalue weighted by molar-refractivity contribution is 5.76. The van der Waals surface area contributed by atoms with Crippen molar-refractivity contribution in [2.75, 3.05) is 0 Å². The number of aryl methyl sites for hydroxylation is 1. The lowest BCUT2D eigenvalue weighted by molar-refractivity contribution is -0.122. The molecule has 2 bridgehead atoms. The summed E-state index contributed by atoms with van der Waals surface area (Å²) in [4.78, 5) is 12.2. The van der Waals surface area contributed by atoms with E-state index in [4.69, 9.17) is 0 Å². The molecule has 0 radical (unpaired) electrons. The molecule has 3 heteroatoms. The fourth-order valence-electron chi connectivity index (χ4n) is 5.46. The molecule has 3 aliphatic rings. The predicted molar refractivity (Wildman–Crippen MR) is 83.7 cm³/mol. The summed E-state index contributed by atoms with van der Waals surface area (Å²) in [5, 5.41) is 3.28. The molecule has 0 aliphatic heterocycles. The van der Waals surface area contributed by atoms with Crippen molar-refractivity contribution in [2.24, 2.45) is 23.7 Å². The topological polar surface area (TPSA) is 29.1 Å². The fraction of sp³-hybridized carbons (Fsp3) is 0.632. The van der Waals surface area contributed by atoms with E-state index in [0.29, 0.717) is 18.9 Å². The zero-order valence-corrected chi connectivity index (χ0v) is 12.9. The first-order valence-electron chi connectivity index (χ1n) is 8.74. The van der Waals surface area contributed by atoms with E-state index in [1.54, 1.807) is 6.07 Å². The lowest BCUT2D eigenvalue weighted by atomic mass is 9.79. The Morgan fingerprint density at radius 3 is 2.91 bits per heavy atom. The van der Waals surface area contributed by atoms with Gasteiger partial charge in [0.15, 0.2) is 0 Å². The molecule has 118 valence electrons. The number of nitrogens with one attached hydrogen (secondary N) is 1. The molecule has 0 heterocycles. The predicted octanol–water partition coefficient (Wildman–Crippen LogP) is 3.70. The number of amides is 1. The first kappa shape index (κ1) is 14.2. The van der Waals surface area contributed by atoms with Crippen LogP contribution in [0.25, 0.3) is 0 Å². The molecule has 4 rings (SSSR count). The number of rotatable bonds is 4. The van der Waals surface area contributed by atoms with Gasteiger partial charge in [0, 0.05) is 12.5 Å². The molecule has 1 aromatic carbocycles. The number of hydrogen-bond acceptors (Lipinski definition) is 1. The van der Waals surface area contributed by atoms with Gasteiger partial charge in [-0.25, -0.2) is 4.39 Å². The quantitative estimate of drug-likeness (QED) is 0.902. The van der Waals surface area contributed by atoms with Crippen LogP contribution in [0, 0.1) is 29.5 Å². The maximum absolute atomic E-state index is 13.1. The van der Waals surface area contributed by atoms with E-state index in [0.717, 1.165) is 29.2 Å². The van der Waals surface area contributed by atoms with E-state index < -0.39 is 0 Å². The fourth-order valence-corrected chi connectivity index (χ4v) is 5.46. The van der Waals surface area contributed by atoms with Gasteiger partial charge in [-0.15, -0.1) is 0 Å². The van der Waals surface area contributed by atoms with Crippen molar-refractivity contribution in [1.82, 2.24) is 5.32 Å². The van der Waals surface area contributed by atoms with E-state index >= 15 is 0 Å². The van der Waals surface area contributed by atoms with Gasteiger partial charge in [-0.3, -0.25) is 4.79 Å². The normalized spacial score (nSPS) is 35.6. The van der Waals surface area contributed by atoms with Gasteiger partial charge in [0.05, 0.1) is 0 Å². The minimum absolute atomic E-state index is 0.136. The molecule has 0 aromatic heterocycles. The summed E-state index contributed by atoms with van der Waals surface area (Å²) in [6.45, 7) is 0. The molecule has 3 saturated carbocycles. The number of carbonyl (C=O) groups is 1. The van der Waals surface area contributed by atoms with Crippen LogP contribution < -0.4 is 5.32 Å². The van der Waals surface area contributed by atoms with Crippen LogP contribution in [0.2, 0.25) is 0 Å². The number of carbonyl (C=O) groups excluding carboxylic acids is 1. The molecule has 0 saturated heterocycles. The summed E-state index contributed by atoms with van der Waals surface area (Å²) in [7, 11) is 0. The highest BCUT2D eigenvalue weighted by atomic mass is 19.1. The number of halogens is 1. The number of hydrogen-bond donors (Lipinski definition) is 1. The van der Waals surface area contributed by atoms with Crippen molar-refractivity contribution in [2.45, 2.75) is 51.0 Å². The first-order valence-corrected chi connectivity index (χ1v) is 8.74. The third-order valence-electron chi connectivity index (χ3n) is 6.30. The Bertz CT molecular complexity index is 572. The Hall–Kier alpha value is -1.38. The molecule has 22 heavy (non-hydrogen) atoms. The molecule has 3 fully saturated rings. The summed E-state index contributed by atoms with van der Waals surface area (Å²) in [5.41, 5.74) is 0.902. The van der Waals surface area contributed by atoms with Gasteiger partial charge in [0.25, 0.3) is 0 Å². The Balaban J connectivity index is 1.30. The van der Waals surface area contributed by atoms with Crippen molar-refractivity contribution >= 4 is 5.91 Å². The third kappa shape index (κ3) is 2.55. The van der Waals surface area contributed by atoms with Crippen LogP contribution in [-0.2, 0) is 11.2 Å². The van der Waals surface area contributed by atoms with Crippen LogP contribution in [0.1, 0.15) is 44.1 Å². The molecule has 5 atom stereocenters. The van der Waals surface area contributed by atoms with Crippen molar-refractivity contribution in [3.05, 3.63) is 35.6 Å². The zero-order chi connectivity index (χ0) is 15.1. The molecule has 1 N–H and O–H groups in total. The molecular weight excluding hydrogens is 277 g/mol. The van der Waals surface area contributed by atoms with E-state index in [1.165, 1.54) is 44.2 Å². The highest BCUT2D eigenvalue weighted by Gasteiger charge is 2.53. The smallest absolute Gasteiger partial charge is 0.220 e. The van der Waals surface area contributed by atoms with Gasteiger partial charge in [-0.05, 0) is 73.5 Å². The third-order valence-corrected chi connectivity index (χ3v) is 6.30. The van der Waals surface area contributed by atoms with Gasteiger partial charge >= 0.3 is 0 Å². The summed E-state index contributed by atoms with van der Waals surface area (Å²) >= 11 is 0. The van der Waals surface area contributed by atoms with Gasteiger partial charge in [0.2, 0.25) is 5.91 Å². The molecule has 2 nitrogen and oxygen atoms in total. The highest BCUT2D eigenvalue weighted by Crippen LogP contribution is 2.58. The number of benzene rings is 1. The monoisotopic (exact) mass is 301 g/mol. The largest absolute Gasteiger partial charge is 0.353 e. The summed E-state index contributed by atoms with van der Waals surface area (Å²) in [6, 6.07) is 6.96. The first-order chi connectivity index (χ1) is 10.7. The minimum atomic E-state index is -0.224. The average molecular weight is 301 g/mol. The average Bonchev–Trinajstić information content (AvgIpc) is 3.17. The lowest BCUT2D eigenvalue weighted by Gasteiger charge is -2.32. The Kier molecular flexibility index (Phi) is 3.67. The SMILES string of the molecule is O=C(CCc1cccc(F)c1)N[C@@H]1C[C@H]2C[C@H]1[C@H]1CCC[C@H]21. The van der Waals surface area contributed by atoms with Crippen LogP contribution in [0.5, 0.6) is 0 Å². The van der Waals surface area contributed by atoms with Gasteiger partial charge in [-0.2, -0.15) is 0 Å². The van der Waals surface area contributed by atoms with Crippen molar-refractivity contribution in [3.63, 3.8) is 0 Å². The van der Waals surface area contributed by atoms with Crippen LogP contribution in [-0.4, -0.2) is 11.9 Å².